The van der Waals surface area contributed by atoms with Gasteiger partial charge in [0.05, 0.1) is 0 Å². The minimum atomic E-state index is -0.268. The molecule has 0 radical (unpaired) electrons. The van der Waals surface area contributed by atoms with Gasteiger partial charge in [-0.25, -0.2) is 0 Å². The first kappa shape index (κ1) is 18.2. The van der Waals surface area contributed by atoms with Gasteiger partial charge < -0.3 is 14.6 Å². The molecular formula is C23H29NO3. The molecule has 0 amide bonds. The van der Waals surface area contributed by atoms with Crippen molar-refractivity contribution in [2.24, 2.45) is 0 Å². The smallest absolute Gasteiger partial charge is 0.127 e. The second kappa shape index (κ2) is 7.43. The van der Waals surface area contributed by atoms with Gasteiger partial charge in [0.25, 0.3) is 0 Å². The molecular weight excluding hydrogens is 338 g/mol. The molecule has 4 nitrogen and oxygen atoms in total. The van der Waals surface area contributed by atoms with E-state index in [2.05, 4.69) is 43.0 Å². The highest BCUT2D eigenvalue weighted by atomic mass is 16.5. The fourth-order valence-electron chi connectivity index (χ4n) is 4.23. The first-order valence-corrected chi connectivity index (χ1v) is 9.97. The summed E-state index contributed by atoms with van der Waals surface area (Å²) in [5.41, 5.74) is 2.12. The molecule has 2 aromatic rings. The molecule has 0 unspecified atom stereocenters. The van der Waals surface area contributed by atoms with Crippen LogP contribution in [0.1, 0.15) is 50.2 Å². The summed E-state index contributed by atoms with van der Waals surface area (Å²) in [4.78, 5) is 2.46. The predicted octanol–water partition coefficient (Wildman–Crippen LogP) is 4.56. The van der Waals surface area contributed by atoms with E-state index in [9.17, 15) is 5.11 Å². The Bertz CT molecular complexity index is 779. The maximum Gasteiger partial charge on any atom is 0.127 e. The summed E-state index contributed by atoms with van der Waals surface area (Å²) in [6.45, 7) is 8.36. The lowest BCUT2D eigenvalue weighted by molar-refractivity contribution is 0.0771. The zero-order valence-electron chi connectivity index (χ0n) is 16.3. The topological polar surface area (TPSA) is 41.9 Å². The highest BCUT2D eigenvalue weighted by Crippen LogP contribution is 2.45. The van der Waals surface area contributed by atoms with Gasteiger partial charge in [-0.15, -0.1) is 0 Å². The first-order valence-electron chi connectivity index (χ1n) is 9.97. The molecule has 1 fully saturated rings. The van der Waals surface area contributed by atoms with Crippen LogP contribution in [0.25, 0.3) is 0 Å². The fraction of sp³-hybridized carbons (Fsp3) is 0.478. The van der Waals surface area contributed by atoms with Gasteiger partial charge in [-0.3, -0.25) is 4.90 Å². The number of aromatic hydroxyl groups is 1. The third-order valence-electron chi connectivity index (χ3n) is 5.61. The zero-order chi connectivity index (χ0) is 18.9. The summed E-state index contributed by atoms with van der Waals surface area (Å²) in [5, 5.41) is 9.81. The molecule has 0 bridgehead atoms. The van der Waals surface area contributed by atoms with Gasteiger partial charge in [-0.1, -0.05) is 18.2 Å². The summed E-state index contributed by atoms with van der Waals surface area (Å²) >= 11 is 0. The largest absolute Gasteiger partial charge is 0.508 e. The van der Waals surface area contributed by atoms with E-state index in [-0.39, 0.29) is 17.3 Å². The standard InChI is InChI=1S/C23H29NO3/c1-23(2)16-21(20-10-7-18(25)15-22(20)27-23)17-5-8-19(9-6-17)26-14-13-24-11-3-4-12-24/h5-10,15,21,25H,3-4,11-14,16H2,1-2H3/t21-/m1/s1. The molecule has 4 heteroatoms. The normalized spacial score (nSPS) is 21.5. The Morgan fingerprint density at radius 3 is 2.59 bits per heavy atom. The number of phenolic OH excluding ortho intramolecular Hbond substituents is 1. The van der Waals surface area contributed by atoms with Gasteiger partial charge in [-0.05, 0) is 70.0 Å². The lowest BCUT2D eigenvalue weighted by Crippen LogP contribution is -2.35. The van der Waals surface area contributed by atoms with Gasteiger partial charge in [-0.2, -0.15) is 0 Å². The Hall–Kier alpha value is -2.20. The molecule has 2 aromatic carbocycles. The van der Waals surface area contributed by atoms with Crippen LogP contribution in [-0.4, -0.2) is 41.8 Å². The molecule has 144 valence electrons. The maximum atomic E-state index is 9.81. The van der Waals surface area contributed by atoms with Crippen molar-refractivity contribution in [1.29, 1.82) is 0 Å². The van der Waals surface area contributed by atoms with Crippen LogP contribution in [-0.2, 0) is 0 Å². The number of likely N-dealkylation sites (tertiary alicyclic amines) is 1. The van der Waals surface area contributed by atoms with Gasteiger partial charge in [0.15, 0.2) is 0 Å². The van der Waals surface area contributed by atoms with Gasteiger partial charge in [0.1, 0.15) is 29.5 Å². The molecule has 2 heterocycles. The van der Waals surface area contributed by atoms with E-state index < -0.39 is 0 Å². The summed E-state index contributed by atoms with van der Waals surface area (Å²) in [6.07, 6.45) is 3.53. The van der Waals surface area contributed by atoms with Crippen LogP contribution in [0.15, 0.2) is 42.5 Å². The van der Waals surface area contributed by atoms with E-state index in [1.54, 1.807) is 12.1 Å². The highest BCUT2D eigenvalue weighted by molar-refractivity contribution is 5.48. The van der Waals surface area contributed by atoms with Crippen LogP contribution in [0.4, 0.5) is 0 Å². The number of nitrogens with zero attached hydrogens (tertiary/aromatic N) is 1. The van der Waals surface area contributed by atoms with Crippen molar-refractivity contribution in [3.63, 3.8) is 0 Å². The minimum Gasteiger partial charge on any atom is -0.508 e. The molecule has 1 N–H and O–H groups in total. The number of benzene rings is 2. The van der Waals surface area contributed by atoms with Crippen molar-refractivity contribution in [1.82, 2.24) is 4.90 Å². The lowest BCUT2D eigenvalue weighted by Gasteiger charge is -2.38. The number of fused-ring (bicyclic) bond motifs is 1. The van der Waals surface area contributed by atoms with Crippen molar-refractivity contribution >= 4 is 0 Å². The average molecular weight is 367 g/mol. The van der Waals surface area contributed by atoms with Crippen molar-refractivity contribution in [2.75, 3.05) is 26.2 Å². The number of hydrogen-bond donors (Lipinski definition) is 1. The Kier molecular flexibility index (Phi) is 5.00. The third-order valence-corrected chi connectivity index (χ3v) is 5.61. The van der Waals surface area contributed by atoms with E-state index in [0.29, 0.717) is 0 Å². The monoisotopic (exact) mass is 367 g/mol. The second-order valence-corrected chi connectivity index (χ2v) is 8.31. The van der Waals surface area contributed by atoms with Crippen molar-refractivity contribution in [3.05, 3.63) is 53.6 Å². The van der Waals surface area contributed by atoms with Crippen LogP contribution in [0, 0.1) is 0 Å². The van der Waals surface area contributed by atoms with E-state index >= 15 is 0 Å². The summed E-state index contributed by atoms with van der Waals surface area (Å²) in [7, 11) is 0. The molecule has 1 atom stereocenters. The molecule has 0 aliphatic carbocycles. The summed E-state index contributed by atoms with van der Waals surface area (Å²) in [6, 6.07) is 13.9. The van der Waals surface area contributed by atoms with Gasteiger partial charge in [0, 0.05) is 24.1 Å². The Morgan fingerprint density at radius 1 is 1.11 bits per heavy atom. The van der Waals surface area contributed by atoms with E-state index in [1.165, 1.54) is 31.5 Å². The second-order valence-electron chi connectivity index (χ2n) is 8.31. The molecule has 4 rings (SSSR count). The van der Waals surface area contributed by atoms with Crippen LogP contribution in [0.3, 0.4) is 0 Å². The van der Waals surface area contributed by atoms with Crippen molar-refractivity contribution in [2.45, 2.75) is 44.6 Å². The number of phenols is 1. The van der Waals surface area contributed by atoms with Crippen LogP contribution in [0.2, 0.25) is 0 Å². The molecule has 0 aromatic heterocycles. The highest BCUT2D eigenvalue weighted by Gasteiger charge is 2.34. The van der Waals surface area contributed by atoms with Crippen molar-refractivity contribution in [3.8, 4) is 17.2 Å². The number of ether oxygens (including phenoxy) is 2. The summed E-state index contributed by atoms with van der Waals surface area (Å²) in [5.74, 6) is 2.20. The van der Waals surface area contributed by atoms with E-state index in [0.717, 1.165) is 36.6 Å². The van der Waals surface area contributed by atoms with Crippen LogP contribution < -0.4 is 9.47 Å². The first-order chi connectivity index (χ1) is 13.0. The Labute approximate surface area is 161 Å². The molecule has 2 aliphatic heterocycles. The van der Waals surface area contributed by atoms with E-state index in [4.69, 9.17) is 9.47 Å². The quantitative estimate of drug-likeness (QED) is 0.841. The summed E-state index contributed by atoms with van der Waals surface area (Å²) < 4.78 is 12.0. The SMILES string of the molecule is CC1(C)C[C@H](c2ccc(OCCN3CCCC3)cc2)c2ccc(O)cc2O1. The van der Waals surface area contributed by atoms with Crippen LogP contribution in [0.5, 0.6) is 17.2 Å². The molecule has 2 aliphatic rings. The van der Waals surface area contributed by atoms with Crippen molar-refractivity contribution < 1.29 is 14.6 Å². The Balaban J connectivity index is 1.46. The number of rotatable bonds is 5. The maximum absolute atomic E-state index is 9.81. The molecule has 0 spiro atoms. The average Bonchev–Trinajstić information content (AvgIpc) is 3.14. The van der Waals surface area contributed by atoms with E-state index in [1.807, 2.05) is 6.07 Å². The third kappa shape index (κ3) is 4.22. The number of hydrogen-bond acceptors (Lipinski definition) is 4. The molecule has 0 saturated carbocycles. The van der Waals surface area contributed by atoms with Gasteiger partial charge >= 0.3 is 0 Å². The fourth-order valence-corrected chi connectivity index (χ4v) is 4.23. The van der Waals surface area contributed by atoms with Crippen LogP contribution >= 0.6 is 0 Å². The molecule has 27 heavy (non-hydrogen) atoms. The predicted molar refractivity (Wildman–Crippen MR) is 107 cm³/mol. The minimum absolute atomic E-state index is 0.243. The Morgan fingerprint density at radius 2 is 1.85 bits per heavy atom. The van der Waals surface area contributed by atoms with Gasteiger partial charge in [0.2, 0.25) is 0 Å². The zero-order valence-corrected chi connectivity index (χ0v) is 16.3. The lowest BCUT2D eigenvalue weighted by atomic mass is 9.80. The molecule has 1 saturated heterocycles.